The van der Waals surface area contributed by atoms with Gasteiger partial charge in [-0.1, -0.05) is 53.7 Å². The number of nitrogen functional groups attached to an aromatic ring is 1. The number of pyridine rings is 1. The first kappa shape index (κ1) is 22.1. The zero-order valence-electron chi connectivity index (χ0n) is 16.8. The molecule has 0 aliphatic rings. The minimum atomic E-state index is -0.742. The maximum atomic E-state index is 12.8. The molecule has 0 atom stereocenters. The second-order valence-corrected chi connectivity index (χ2v) is 8.26. The van der Waals surface area contributed by atoms with Crippen molar-refractivity contribution in [3.05, 3.63) is 86.7 Å². The van der Waals surface area contributed by atoms with Crippen LogP contribution in [0.4, 0.5) is 5.82 Å². The van der Waals surface area contributed by atoms with Crippen LogP contribution in [0, 0.1) is 22.7 Å². The Kier molecular flexibility index (Phi) is 6.14. The number of hydrogen-bond acceptors (Lipinski definition) is 8. The number of halogens is 1. The number of hydrogen-bond donors (Lipinski definition) is 1. The standard InChI is InChI=1S/C24H13ClN4O3S/c25-15-7-5-13(6-8-15)21-17(10-26)22(28)29-23(18(21)11-27)33-12-19(30)16-9-14-3-1-2-4-20(14)32-24(16)31/h1-9H,12H2,(H2,28,29). The lowest BCUT2D eigenvalue weighted by atomic mass is 9.97. The van der Waals surface area contributed by atoms with Crippen LogP contribution in [-0.2, 0) is 0 Å². The van der Waals surface area contributed by atoms with Crippen LogP contribution in [0.1, 0.15) is 21.5 Å². The van der Waals surface area contributed by atoms with Crippen LogP contribution in [0.2, 0.25) is 5.02 Å². The number of carbonyl (C=O) groups is 1. The summed E-state index contributed by atoms with van der Waals surface area (Å²) < 4.78 is 5.23. The summed E-state index contributed by atoms with van der Waals surface area (Å²) in [6, 6.07) is 19.0. The highest BCUT2D eigenvalue weighted by Crippen LogP contribution is 2.36. The number of Topliss-reactive ketones (excluding diaryl/α,β-unsaturated/α-hetero) is 1. The fourth-order valence-corrected chi connectivity index (χ4v) is 4.28. The molecule has 2 heterocycles. The van der Waals surface area contributed by atoms with Crippen molar-refractivity contribution in [3.63, 3.8) is 0 Å². The van der Waals surface area contributed by atoms with Crippen molar-refractivity contribution in [1.29, 1.82) is 10.5 Å². The highest BCUT2D eigenvalue weighted by Gasteiger charge is 2.22. The first-order valence-electron chi connectivity index (χ1n) is 9.51. The smallest absolute Gasteiger partial charge is 0.347 e. The lowest BCUT2D eigenvalue weighted by Crippen LogP contribution is -2.16. The Morgan fingerprint density at radius 1 is 1.09 bits per heavy atom. The number of rotatable bonds is 5. The molecule has 2 aromatic heterocycles. The lowest BCUT2D eigenvalue weighted by molar-refractivity contribution is 0.101. The van der Waals surface area contributed by atoms with Crippen molar-refractivity contribution in [2.45, 2.75) is 5.03 Å². The van der Waals surface area contributed by atoms with E-state index in [0.29, 0.717) is 27.1 Å². The van der Waals surface area contributed by atoms with Crippen LogP contribution in [0.5, 0.6) is 0 Å². The van der Waals surface area contributed by atoms with E-state index < -0.39 is 11.4 Å². The van der Waals surface area contributed by atoms with E-state index in [9.17, 15) is 20.1 Å². The average molecular weight is 473 g/mol. The van der Waals surface area contributed by atoms with E-state index in [1.165, 1.54) is 6.07 Å². The predicted octanol–water partition coefficient (Wildman–Crippen LogP) is 4.81. The van der Waals surface area contributed by atoms with Gasteiger partial charge >= 0.3 is 5.63 Å². The van der Waals surface area contributed by atoms with Crippen LogP contribution in [0.15, 0.2) is 68.8 Å². The zero-order chi connectivity index (χ0) is 23.5. The van der Waals surface area contributed by atoms with Gasteiger partial charge < -0.3 is 10.2 Å². The SMILES string of the molecule is N#Cc1c(N)nc(SCC(=O)c2cc3ccccc3oc2=O)c(C#N)c1-c1ccc(Cl)cc1. The first-order valence-corrected chi connectivity index (χ1v) is 10.9. The van der Waals surface area contributed by atoms with E-state index in [2.05, 4.69) is 11.1 Å². The molecule has 160 valence electrons. The summed E-state index contributed by atoms with van der Waals surface area (Å²) in [5.41, 5.74) is 6.57. The van der Waals surface area contributed by atoms with Gasteiger partial charge in [0.05, 0.1) is 11.3 Å². The quantitative estimate of drug-likeness (QED) is 0.248. The summed E-state index contributed by atoms with van der Waals surface area (Å²) in [4.78, 5) is 29.2. The summed E-state index contributed by atoms with van der Waals surface area (Å²) >= 11 is 6.91. The van der Waals surface area contributed by atoms with Gasteiger partial charge in [-0.2, -0.15) is 10.5 Å². The molecule has 0 saturated heterocycles. The molecule has 2 aromatic carbocycles. The van der Waals surface area contributed by atoms with Gasteiger partial charge in [-0.15, -0.1) is 0 Å². The number of carbonyl (C=O) groups excluding carboxylic acids is 1. The summed E-state index contributed by atoms with van der Waals surface area (Å²) in [5, 5.41) is 20.7. The topological polar surface area (TPSA) is 134 Å². The molecular weight excluding hydrogens is 460 g/mol. The summed E-state index contributed by atoms with van der Waals surface area (Å²) in [7, 11) is 0. The molecule has 2 N–H and O–H groups in total. The van der Waals surface area contributed by atoms with Crippen molar-refractivity contribution in [2.24, 2.45) is 0 Å². The molecule has 0 unspecified atom stereocenters. The average Bonchev–Trinajstić information content (AvgIpc) is 2.82. The molecule has 0 aliphatic heterocycles. The van der Waals surface area contributed by atoms with Gasteiger partial charge in [0.25, 0.3) is 0 Å². The van der Waals surface area contributed by atoms with Gasteiger partial charge in [-0.25, -0.2) is 9.78 Å². The molecule has 9 heteroatoms. The van der Waals surface area contributed by atoms with Crippen molar-refractivity contribution >= 4 is 45.9 Å². The molecule has 0 fully saturated rings. The predicted molar refractivity (Wildman–Crippen MR) is 126 cm³/mol. The maximum absolute atomic E-state index is 12.8. The normalized spacial score (nSPS) is 10.5. The van der Waals surface area contributed by atoms with Gasteiger partial charge in [0.2, 0.25) is 0 Å². The summed E-state index contributed by atoms with van der Waals surface area (Å²) in [6.07, 6.45) is 0. The molecule has 7 nitrogen and oxygen atoms in total. The lowest BCUT2D eigenvalue weighted by Gasteiger charge is -2.13. The summed E-state index contributed by atoms with van der Waals surface area (Å²) in [5.74, 6) is -0.737. The fourth-order valence-electron chi connectivity index (χ4n) is 3.28. The van der Waals surface area contributed by atoms with Crippen LogP contribution >= 0.6 is 23.4 Å². The monoisotopic (exact) mass is 472 g/mol. The third-order valence-corrected chi connectivity index (χ3v) is 6.06. The Morgan fingerprint density at radius 2 is 1.79 bits per heavy atom. The second-order valence-electron chi connectivity index (χ2n) is 6.85. The molecule has 0 radical (unpaired) electrons. The van der Waals surface area contributed by atoms with Gasteiger partial charge in [0, 0.05) is 16.0 Å². The van der Waals surface area contributed by atoms with Gasteiger partial charge in [-0.3, -0.25) is 4.79 Å². The number of benzene rings is 2. The number of aromatic nitrogens is 1. The highest BCUT2D eigenvalue weighted by atomic mass is 35.5. The number of anilines is 1. The van der Waals surface area contributed by atoms with Crippen LogP contribution in [-0.4, -0.2) is 16.5 Å². The molecular formula is C24H13ClN4O3S. The Labute approximate surface area is 197 Å². The first-order chi connectivity index (χ1) is 15.9. The molecule has 0 amide bonds. The Bertz CT molecular complexity index is 1550. The zero-order valence-corrected chi connectivity index (χ0v) is 18.4. The van der Waals surface area contributed by atoms with Crippen molar-refractivity contribution in [3.8, 4) is 23.3 Å². The second kappa shape index (κ2) is 9.17. The van der Waals surface area contributed by atoms with E-state index in [4.69, 9.17) is 21.8 Å². The molecule has 33 heavy (non-hydrogen) atoms. The van der Waals surface area contributed by atoms with E-state index in [-0.39, 0.29) is 33.3 Å². The number of nitriles is 2. The third-order valence-electron chi connectivity index (χ3n) is 4.83. The van der Waals surface area contributed by atoms with Crippen molar-refractivity contribution in [2.75, 3.05) is 11.5 Å². The number of thioether (sulfide) groups is 1. The van der Waals surface area contributed by atoms with Gasteiger partial charge in [0.1, 0.15) is 39.7 Å². The van der Waals surface area contributed by atoms with Crippen LogP contribution in [0.25, 0.3) is 22.1 Å². The molecule has 0 aliphatic carbocycles. The Morgan fingerprint density at radius 3 is 2.48 bits per heavy atom. The fraction of sp³-hybridized carbons (Fsp3) is 0.0417. The van der Waals surface area contributed by atoms with E-state index in [0.717, 1.165) is 11.8 Å². The van der Waals surface area contributed by atoms with Crippen molar-refractivity contribution in [1.82, 2.24) is 4.98 Å². The molecule has 0 spiro atoms. The Hall–Kier alpha value is -4.11. The van der Waals surface area contributed by atoms with E-state index in [1.54, 1.807) is 48.5 Å². The van der Waals surface area contributed by atoms with Gasteiger partial charge in [0.15, 0.2) is 5.78 Å². The Balaban J connectivity index is 1.72. The van der Waals surface area contributed by atoms with E-state index in [1.807, 2.05) is 6.07 Å². The number of fused-ring (bicyclic) bond motifs is 1. The highest BCUT2D eigenvalue weighted by molar-refractivity contribution is 8.00. The number of nitrogens with two attached hydrogens (primary N) is 1. The third kappa shape index (κ3) is 4.31. The van der Waals surface area contributed by atoms with Crippen molar-refractivity contribution < 1.29 is 9.21 Å². The minimum absolute atomic E-state index is 0.0553. The molecule has 4 aromatic rings. The maximum Gasteiger partial charge on any atom is 0.347 e. The minimum Gasteiger partial charge on any atom is -0.422 e. The van der Waals surface area contributed by atoms with Crippen LogP contribution in [0.3, 0.4) is 0 Å². The van der Waals surface area contributed by atoms with Crippen LogP contribution < -0.4 is 11.4 Å². The molecule has 0 bridgehead atoms. The number of nitrogens with zero attached hydrogens (tertiary/aromatic N) is 3. The molecule has 0 saturated carbocycles. The number of ketones is 1. The summed E-state index contributed by atoms with van der Waals surface area (Å²) in [6.45, 7) is 0. The largest absolute Gasteiger partial charge is 0.422 e. The van der Waals surface area contributed by atoms with E-state index >= 15 is 0 Å². The molecule has 4 rings (SSSR count). The number of para-hydroxylation sites is 1. The van der Waals surface area contributed by atoms with Gasteiger partial charge in [-0.05, 0) is 29.8 Å².